The summed E-state index contributed by atoms with van der Waals surface area (Å²) in [6, 6.07) is 0. The summed E-state index contributed by atoms with van der Waals surface area (Å²) in [5, 5.41) is 0. The summed E-state index contributed by atoms with van der Waals surface area (Å²) >= 11 is 0. The molecule has 0 aliphatic heterocycles. The van der Waals surface area contributed by atoms with E-state index in [1.54, 1.807) is 0 Å². The van der Waals surface area contributed by atoms with E-state index < -0.39 is 24.4 Å². The zero-order valence-electron chi connectivity index (χ0n) is 5.62. The molecule has 0 amide bonds. The van der Waals surface area contributed by atoms with Gasteiger partial charge in [-0.15, -0.1) is 0 Å². The van der Waals surface area contributed by atoms with E-state index in [1.807, 2.05) is 0 Å². The summed E-state index contributed by atoms with van der Waals surface area (Å²) in [6.45, 7) is 1.12. The number of hydrogen-bond donors (Lipinski definition) is 0. The van der Waals surface area contributed by atoms with Crippen LogP contribution in [0.3, 0.4) is 0 Å². The van der Waals surface area contributed by atoms with Crippen LogP contribution < -0.4 is 0 Å². The second-order valence-corrected chi connectivity index (χ2v) is 2.62. The molecule has 0 aromatic rings. The Morgan fingerprint density at radius 2 is 1.73 bits per heavy atom. The van der Waals surface area contributed by atoms with Crippen LogP contribution in [0.1, 0.15) is 6.92 Å². The third-order valence-corrected chi connectivity index (χ3v) is 1.89. The Balaban J connectivity index is 2.55. The molecule has 2 atom stereocenters. The van der Waals surface area contributed by atoms with Gasteiger partial charge >= 0.3 is 6.18 Å². The zero-order chi connectivity index (χ0) is 8.81. The standard InChI is InChI=1S/C6H6F5/c1-2-3(5(7)8)4(2)6(9,10)11/h3-5H,1H3. The molecule has 1 fully saturated rings. The van der Waals surface area contributed by atoms with Gasteiger partial charge in [-0.05, 0) is 5.92 Å². The van der Waals surface area contributed by atoms with Crippen LogP contribution in [0.4, 0.5) is 22.0 Å². The normalized spacial score (nSPS) is 33.0. The highest BCUT2D eigenvalue weighted by molar-refractivity contribution is 5.22. The van der Waals surface area contributed by atoms with Crippen molar-refractivity contribution in [1.29, 1.82) is 0 Å². The van der Waals surface area contributed by atoms with Crippen molar-refractivity contribution in [2.75, 3.05) is 0 Å². The fourth-order valence-corrected chi connectivity index (χ4v) is 1.22. The molecule has 11 heavy (non-hydrogen) atoms. The second-order valence-electron chi connectivity index (χ2n) is 2.62. The first kappa shape index (κ1) is 8.74. The van der Waals surface area contributed by atoms with Crippen LogP contribution in [0.5, 0.6) is 0 Å². The Bertz CT molecular complexity index is 150. The Morgan fingerprint density at radius 3 is 1.82 bits per heavy atom. The summed E-state index contributed by atoms with van der Waals surface area (Å²) in [5.74, 6) is -3.55. The van der Waals surface area contributed by atoms with E-state index in [2.05, 4.69) is 0 Å². The van der Waals surface area contributed by atoms with Crippen LogP contribution in [-0.4, -0.2) is 12.6 Å². The van der Waals surface area contributed by atoms with Gasteiger partial charge in [0.1, 0.15) is 0 Å². The predicted octanol–water partition coefficient (Wildman–Crippen LogP) is 2.65. The van der Waals surface area contributed by atoms with Gasteiger partial charge in [-0.3, -0.25) is 0 Å². The van der Waals surface area contributed by atoms with Crippen LogP contribution in [0.15, 0.2) is 0 Å². The smallest absolute Gasteiger partial charge is 0.210 e. The number of alkyl halides is 5. The number of halogens is 5. The van der Waals surface area contributed by atoms with E-state index in [0.717, 1.165) is 6.92 Å². The molecule has 1 aliphatic carbocycles. The molecular formula is C6H6F5. The fraction of sp³-hybridized carbons (Fsp3) is 0.833. The number of hydrogen-bond acceptors (Lipinski definition) is 0. The lowest BCUT2D eigenvalue weighted by atomic mass is 10.3. The van der Waals surface area contributed by atoms with Crippen molar-refractivity contribution in [3.63, 3.8) is 0 Å². The van der Waals surface area contributed by atoms with Gasteiger partial charge in [-0.25, -0.2) is 8.78 Å². The van der Waals surface area contributed by atoms with Crippen LogP contribution >= 0.6 is 0 Å². The lowest BCUT2D eigenvalue weighted by molar-refractivity contribution is -0.154. The largest absolute Gasteiger partial charge is 0.392 e. The molecule has 2 unspecified atom stereocenters. The van der Waals surface area contributed by atoms with Gasteiger partial charge in [0.15, 0.2) is 0 Å². The van der Waals surface area contributed by atoms with Crippen LogP contribution in [0.25, 0.3) is 0 Å². The molecule has 1 aliphatic rings. The molecule has 1 rings (SSSR count). The van der Waals surface area contributed by atoms with Crippen LogP contribution in [0, 0.1) is 17.8 Å². The molecule has 1 radical (unpaired) electrons. The first-order valence-corrected chi connectivity index (χ1v) is 3.04. The van der Waals surface area contributed by atoms with Crippen molar-refractivity contribution in [2.24, 2.45) is 11.8 Å². The average molecular weight is 173 g/mol. The molecule has 0 heterocycles. The van der Waals surface area contributed by atoms with Crippen molar-refractivity contribution in [3.8, 4) is 0 Å². The minimum Gasteiger partial charge on any atom is -0.210 e. The van der Waals surface area contributed by atoms with E-state index in [0.29, 0.717) is 0 Å². The summed E-state index contributed by atoms with van der Waals surface area (Å²) in [7, 11) is 0. The Morgan fingerprint density at radius 1 is 1.27 bits per heavy atom. The highest BCUT2D eigenvalue weighted by atomic mass is 19.4. The fourth-order valence-electron chi connectivity index (χ4n) is 1.22. The lowest BCUT2D eigenvalue weighted by Gasteiger charge is -2.03. The zero-order valence-corrected chi connectivity index (χ0v) is 5.62. The minimum atomic E-state index is -4.48. The maximum absolute atomic E-state index is 11.7. The highest BCUT2D eigenvalue weighted by Crippen LogP contribution is 2.59. The lowest BCUT2D eigenvalue weighted by Crippen LogP contribution is -2.14. The van der Waals surface area contributed by atoms with Crippen molar-refractivity contribution >= 4 is 0 Å². The third kappa shape index (κ3) is 1.46. The molecule has 0 saturated heterocycles. The van der Waals surface area contributed by atoms with Crippen molar-refractivity contribution in [2.45, 2.75) is 19.5 Å². The Kier molecular flexibility index (Phi) is 1.84. The maximum atomic E-state index is 11.7. The monoisotopic (exact) mass is 173 g/mol. The van der Waals surface area contributed by atoms with Gasteiger partial charge in [-0.2, -0.15) is 13.2 Å². The van der Waals surface area contributed by atoms with Gasteiger partial charge in [0.05, 0.1) is 5.92 Å². The van der Waals surface area contributed by atoms with Crippen molar-refractivity contribution in [1.82, 2.24) is 0 Å². The number of rotatable bonds is 1. The average Bonchev–Trinajstić information content (AvgIpc) is 2.38. The van der Waals surface area contributed by atoms with Gasteiger partial charge in [0.2, 0.25) is 6.43 Å². The third-order valence-electron chi connectivity index (χ3n) is 1.89. The van der Waals surface area contributed by atoms with Gasteiger partial charge in [-0.1, -0.05) is 6.92 Å². The van der Waals surface area contributed by atoms with E-state index >= 15 is 0 Å². The van der Waals surface area contributed by atoms with Crippen molar-refractivity contribution in [3.05, 3.63) is 5.92 Å². The molecule has 0 aromatic heterocycles. The molecule has 0 aromatic carbocycles. The Hall–Kier alpha value is -0.350. The van der Waals surface area contributed by atoms with Crippen molar-refractivity contribution < 1.29 is 22.0 Å². The summed E-state index contributed by atoms with van der Waals surface area (Å²) < 4.78 is 58.7. The summed E-state index contributed by atoms with van der Waals surface area (Å²) in [6.07, 6.45) is -7.35. The maximum Gasteiger partial charge on any atom is 0.392 e. The van der Waals surface area contributed by atoms with Gasteiger partial charge in [0, 0.05) is 5.92 Å². The second kappa shape index (κ2) is 2.32. The topological polar surface area (TPSA) is 0 Å². The van der Waals surface area contributed by atoms with E-state index in [-0.39, 0.29) is 5.92 Å². The Labute approximate surface area is 60.4 Å². The molecule has 1 saturated carbocycles. The predicted molar refractivity (Wildman–Crippen MR) is 28.0 cm³/mol. The van der Waals surface area contributed by atoms with E-state index in [1.165, 1.54) is 0 Å². The molecule has 0 spiro atoms. The van der Waals surface area contributed by atoms with E-state index in [4.69, 9.17) is 0 Å². The molecule has 5 heteroatoms. The SMILES string of the molecule is C[C]1C(C(F)F)C1C(F)(F)F. The summed E-state index contributed by atoms with van der Waals surface area (Å²) in [4.78, 5) is 0. The molecule has 65 valence electrons. The first-order chi connectivity index (χ1) is 4.85. The van der Waals surface area contributed by atoms with Crippen LogP contribution in [-0.2, 0) is 0 Å². The van der Waals surface area contributed by atoms with Gasteiger partial charge < -0.3 is 0 Å². The molecule has 0 N–H and O–H groups in total. The minimum absolute atomic E-state index is 0.146. The first-order valence-electron chi connectivity index (χ1n) is 3.04. The summed E-state index contributed by atoms with van der Waals surface area (Å²) in [5.41, 5.74) is 0. The van der Waals surface area contributed by atoms with E-state index in [9.17, 15) is 22.0 Å². The van der Waals surface area contributed by atoms with Crippen LogP contribution in [0.2, 0.25) is 0 Å². The molecular weight excluding hydrogens is 167 g/mol. The quantitative estimate of drug-likeness (QED) is 0.534. The molecule has 0 bridgehead atoms. The van der Waals surface area contributed by atoms with Gasteiger partial charge in [0.25, 0.3) is 0 Å². The highest BCUT2D eigenvalue weighted by Gasteiger charge is 2.65. The molecule has 0 nitrogen and oxygen atoms in total.